The van der Waals surface area contributed by atoms with Crippen LogP contribution in [0.4, 0.5) is 5.69 Å². The van der Waals surface area contributed by atoms with E-state index in [9.17, 15) is 4.79 Å². The third-order valence-corrected chi connectivity index (χ3v) is 2.70. The van der Waals surface area contributed by atoms with E-state index in [-0.39, 0.29) is 11.8 Å². The Morgan fingerprint density at radius 1 is 1.54 bits per heavy atom. The molecule has 1 N–H and O–H groups in total. The van der Waals surface area contributed by atoms with Gasteiger partial charge in [0.25, 0.3) is 0 Å². The third-order valence-electron chi connectivity index (χ3n) is 2.39. The molecule has 0 bridgehead atoms. The lowest BCUT2D eigenvalue weighted by Crippen LogP contribution is -2.08. The highest BCUT2D eigenvalue weighted by Gasteiger charge is 2.25. The van der Waals surface area contributed by atoms with E-state index >= 15 is 0 Å². The van der Waals surface area contributed by atoms with Gasteiger partial charge in [0.1, 0.15) is 0 Å². The minimum atomic E-state index is -0.0284. The molecule has 1 unspecified atom stereocenters. The van der Waals surface area contributed by atoms with Crippen molar-refractivity contribution in [2.45, 2.75) is 18.7 Å². The summed E-state index contributed by atoms with van der Waals surface area (Å²) in [4.78, 5) is 11.3. The van der Waals surface area contributed by atoms with Crippen molar-refractivity contribution >= 4 is 23.2 Å². The van der Waals surface area contributed by atoms with Gasteiger partial charge in [-0.05, 0) is 24.1 Å². The number of hydrogen-bond donors (Lipinski definition) is 1. The first-order chi connectivity index (χ1) is 6.22. The lowest BCUT2D eigenvalue weighted by Gasteiger charge is -2.01. The fourth-order valence-corrected chi connectivity index (χ4v) is 1.72. The second kappa shape index (κ2) is 3.04. The van der Waals surface area contributed by atoms with Crippen molar-refractivity contribution in [3.8, 4) is 0 Å². The molecule has 0 fully saturated rings. The molecule has 68 valence electrons. The lowest BCUT2D eigenvalue weighted by molar-refractivity contribution is -0.116. The monoisotopic (exact) mass is 195 g/mol. The highest BCUT2D eigenvalue weighted by Crippen LogP contribution is 2.32. The molecule has 1 heterocycles. The summed E-state index contributed by atoms with van der Waals surface area (Å²) in [7, 11) is 0. The van der Waals surface area contributed by atoms with Crippen molar-refractivity contribution in [1.29, 1.82) is 0 Å². The number of hydrogen-bond acceptors (Lipinski definition) is 1. The Morgan fingerprint density at radius 2 is 2.31 bits per heavy atom. The van der Waals surface area contributed by atoms with E-state index in [1.54, 1.807) is 0 Å². The minimum Gasteiger partial charge on any atom is -0.325 e. The van der Waals surface area contributed by atoms with Gasteiger partial charge in [-0.3, -0.25) is 4.79 Å². The second-order valence-corrected chi connectivity index (χ2v) is 3.53. The van der Waals surface area contributed by atoms with Gasteiger partial charge >= 0.3 is 0 Å². The number of benzene rings is 1. The minimum absolute atomic E-state index is 0.0284. The fraction of sp³-hybridized carbons (Fsp3) is 0.300. The van der Waals surface area contributed by atoms with Crippen LogP contribution in [0.15, 0.2) is 18.2 Å². The van der Waals surface area contributed by atoms with Crippen LogP contribution < -0.4 is 5.32 Å². The summed E-state index contributed by atoms with van der Waals surface area (Å²) in [5, 5.41) is 2.82. The van der Waals surface area contributed by atoms with Crippen LogP contribution in [0.5, 0.6) is 0 Å². The van der Waals surface area contributed by atoms with E-state index in [2.05, 4.69) is 5.32 Å². The van der Waals surface area contributed by atoms with Gasteiger partial charge in [-0.15, -0.1) is 11.6 Å². The smallest absolute Gasteiger partial charge is 0.231 e. The van der Waals surface area contributed by atoms with Gasteiger partial charge < -0.3 is 5.32 Å². The zero-order valence-electron chi connectivity index (χ0n) is 7.30. The van der Waals surface area contributed by atoms with Gasteiger partial charge in [0.15, 0.2) is 0 Å². The van der Waals surface area contributed by atoms with Crippen molar-refractivity contribution in [2.75, 3.05) is 5.32 Å². The number of amides is 1. The first-order valence-electron chi connectivity index (χ1n) is 4.22. The number of alkyl halides is 1. The van der Waals surface area contributed by atoms with Crippen LogP contribution in [0.2, 0.25) is 0 Å². The van der Waals surface area contributed by atoms with Crippen LogP contribution in [0.1, 0.15) is 24.0 Å². The molecular weight excluding hydrogens is 186 g/mol. The molecule has 0 saturated carbocycles. The van der Waals surface area contributed by atoms with Crippen LogP contribution in [0.3, 0.4) is 0 Å². The summed E-state index contributed by atoms with van der Waals surface area (Å²) in [5.41, 5.74) is 3.02. The summed E-state index contributed by atoms with van der Waals surface area (Å²) >= 11 is 5.69. The highest BCUT2D eigenvalue weighted by molar-refractivity contribution is 6.17. The molecular formula is C10H10ClNO. The van der Waals surface area contributed by atoms with Crippen LogP contribution in [-0.4, -0.2) is 5.91 Å². The van der Waals surface area contributed by atoms with Gasteiger partial charge in [0, 0.05) is 11.6 Å². The third kappa shape index (κ3) is 1.31. The van der Waals surface area contributed by atoms with E-state index < -0.39 is 0 Å². The van der Waals surface area contributed by atoms with Gasteiger partial charge in [-0.1, -0.05) is 12.1 Å². The molecule has 0 spiro atoms. The number of rotatable bonds is 1. The quantitative estimate of drug-likeness (QED) is 0.686. The van der Waals surface area contributed by atoms with Crippen LogP contribution in [0, 0.1) is 0 Å². The number of fused-ring (bicyclic) bond motifs is 1. The Bertz CT molecular complexity index is 362. The Balaban J connectivity index is 2.46. The van der Waals surface area contributed by atoms with Crippen LogP contribution in [0.25, 0.3) is 0 Å². The molecule has 1 amide bonds. The van der Waals surface area contributed by atoms with Gasteiger partial charge in [0.2, 0.25) is 5.91 Å². The van der Waals surface area contributed by atoms with Crippen molar-refractivity contribution in [2.24, 2.45) is 0 Å². The van der Waals surface area contributed by atoms with Crippen molar-refractivity contribution in [3.05, 3.63) is 29.3 Å². The Hall–Kier alpha value is -1.02. The Kier molecular flexibility index (Phi) is 2.00. The summed E-state index contributed by atoms with van der Waals surface area (Å²) in [6.07, 6.45) is 0. The molecule has 1 aliphatic rings. The molecule has 0 radical (unpaired) electrons. The van der Waals surface area contributed by atoms with Crippen molar-refractivity contribution < 1.29 is 4.79 Å². The average Bonchev–Trinajstić information content (AvgIpc) is 2.42. The Labute approximate surface area is 81.9 Å². The number of halogens is 1. The molecule has 1 aromatic rings. The number of carbonyl (C=O) groups excluding carboxylic acids is 1. The molecule has 2 rings (SSSR count). The maximum absolute atomic E-state index is 11.3. The Morgan fingerprint density at radius 3 is 3.00 bits per heavy atom. The molecule has 1 aliphatic heterocycles. The van der Waals surface area contributed by atoms with Gasteiger partial charge in [-0.2, -0.15) is 0 Å². The normalized spacial score (nSPS) is 19.8. The number of carbonyl (C=O) groups is 1. The van der Waals surface area contributed by atoms with Crippen LogP contribution >= 0.6 is 11.6 Å². The van der Waals surface area contributed by atoms with E-state index in [0.29, 0.717) is 5.88 Å². The second-order valence-electron chi connectivity index (χ2n) is 3.27. The first kappa shape index (κ1) is 8.57. The maximum Gasteiger partial charge on any atom is 0.231 e. The topological polar surface area (TPSA) is 29.1 Å². The van der Waals surface area contributed by atoms with E-state index in [1.165, 1.54) is 0 Å². The zero-order valence-corrected chi connectivity index (χ0v) is 8.06. The van der Waals surface area contributed by atoms with Crippen molar-refractivity contribution in [1.82, 2.24) is 0 Å². The average molecular weight is 196 g/mol. The summed E-state index contributed by atoms with van der Waals surface area (Å²) in [6.45, 7) is 1.90. The predicted octanol–water partition coefficient (Wildman–Crippen LogP) is 2.48. The molecule has 1 atom stereocenters. The molecule has 0 saturated heterocycles. The predicted molar refractivity (Wildman–Crippen MR) is 53.0 cm³/mol. The standard InChI is InChI=1S/C10H10ClNO/c1-6-8-3-2-7(5-11)4-9(8)12-10(6)13/h2-4,6H,5H2,1H3,(H,12,13). The molecule has 3 heteroatoms. The zero-order chi connectivity index (χ0) is 9.42. The molecule has 0 aromatic heterocycles. The van der Waals surface area contributed by atoms with Gasteiger partial charge in [-0.25, -0.2) is 0 Å². The summed E-state index contributed by atoms with van der Waals surface area (Å²) in [5.74, 6) is 0.526. The number of nitrogens with one attached hydrogen (secondary N) is 1. The molecule has 0 aliphatic carbocycles. The van der Waals surface area contributed by atoms with E-state index in [1.807, 2.05) is 25.1 Å². The molecule has 1 aromatic carbocycles. The fourth-order valence-electron chi connectivity index (χ4n) is 1.55. The highest BCUT2D eigenvalue weighted by atomic mass is 35.5. The summed E-state index contributed by atoms with van der Waals surface area (Å²) in [6, 6.07) is 5.86. The maximum atomic E-state index is 11.3. The van der Waals surface area contributed by atoms with E-state index in [4.69, 9.17) is 11.6 Å². The van der Waals surface area contributed by atoms with Gasteiger partial charge in [0.05, 0.1) is 5.92 Å². The SMILES string of the molecule is CC1C(=O)Nc2cc(CCl)ccc21. The first-order valence-corrected chi connectivity index (χ1v) is 4.75. The van der Waals surface area contributed by atoms with E-state index in [0.717, 1.165) is 16.8 Å². The van der Waals surface area contributed by atoms with Crippen LogP contribution in [-0.2, 0) is 10.7 Å². The van der Waals surface area contributed by atoms with Crippen molar-refractivity contribution in [3.63, 3.8) is 0 Å². The molecule has 2 nitrogen and oxygen atoms in total. The summed E-state index contributed by atoms with van der Waals surface area (Å²) < 4.78 is 0. The number of anilines is 1. The largest absolute Gasteiger partial charge is 0.325 e. The molecule has 13 heavy (non-hydrogen) atoms. The lowest BCUT2D eigenvalue weighted by atomic mass is 10.0.